The molecule has 8 heteroatoms. The van der Waals surface area contributed by atoms with Crippen molar-refractivity contribution in [3.63, 3.8) is 0 Å². The Bertz CT molecular complexity index is 416. The lowest BCUT2D eigenvalue weighted by Gasteiger charge is -2.29. The first kappa shape index (κ1) is 20.3. The van der Waals surface area contributed by atoms with E-state index in [-0.39, 0.29) is 6.61 Å². The molecule has 0 fully saturated rings. The number of carboxylic acids is 1. The molecule has 0 spiro atoms. The number of nitrogens with two attached hydrogens (primary N) is 1. The van der Waals surface area contributed by atoms with E-state index in [1.54, 1.807) is 39.8 Å². The summed E-state index contributed by atoms with van der Waals surface area (Å²) in [6.07, 6.45) is -0.837. The molecule has 22 heavy (non-hydrogen) atoms. The van der Waals surface area contributed by atoms with E-state index in [9.17, 15) is 14.4 Å². The Morgan fingerprint density at radius 1 is 1.14 bits per heavy atom. The largest absolute Gasteiger partial charge is 0.481 e. The summed E-state index contributed by atoms with van der Waals surface area (Å²) in [4.78, 5) is 36.8. The summed E-state index contributed by atoms with van der Waals surface area (Å²) in [6.45, 7) is 5.37. The Kier molecular flexibility index (Phi) is 7.48. The number of carbonyl (C=O) groups excluding carboxylic acids is 2. The zero-order chi connectivity index (χ0) is 17.6. The van der Waals surface area contributed by atoms with Crippen molar-refractivity contribution in [3.05, 3.63) is 0 Å². The lowest BCUT2D eigenvalue weighted by molar-refractivity contribution is -0.172. The molecule has 1 unspecified atom stereocenters. The molecular weight excluding hydrogens is 292 g/mol. The number of rotatable bonds is 8. The minimum atomic E-state index is -2.13. The van der Waals surface area contributed by atoms with Crippen LogP contribution in [0.1, 0.15) is 33.6 Å². The highest BCUT2D eigenvalue weighted by Gasteiger charge is 2.46. The summed E-state index contributed by atoms with van der Waals surface area (Å²) in [5.41, 5.74) is 2.85. The topological polar surface area (TPSA) is 119 Å². The molecule has 0 aliphatic heterocycles. The van der Waals surface area contributed by atoms with Gasteiger partial charge in [0.2, 0.25) is 5.54 Å². The first-order valence-electron chi connectivity index (χ1n) is 6.94. The molecular formula is C14H26N2O6. The fraction of sp³-hybridized carbons (Fsp3) is 0.786. The van der Waals surface area contributed by atoms with Gasteiger partial charge in [-0.2, -0.15) is 0 Å². The van der Waals surface area contributed by atoms with Crippen LogP contribution in [0.3, 0.4) is 0 Å². The second-order valence-corrected chi connectivity index (χ2v) is 6.31. The lowest BCUT2D eigenvalue weighted by atomic mass is 9.94. The van der Waals surface area contributed by atoms with Gasteiger partial charge in [-0.05, 0) is 41.3 Å². The third kappa shape index (κ3) is 7.37. The summed E-state index contributed by atoms with van der Waals surface area (Å²) >= 11 is 0. The smallest absolute Gasteiger partial charge is 0.338 e. The molecule has 8 nitrogen and oxygen atoms in total. The molecule has 1 atom stereocenters. The zero-order valence-electron chi connectivity index (χ0n) is 13.8. The number of esters is 2. The van der Waals surface area contributed by atoms with Gasteiger partial charge in [0.25, 0.3) is 0 Å². The van der Waals surface area contributed by atoms with E-state index in [0.717, 1.165) is 0 Å². The number of carboxylic acid groups (broad SMARTS) is 1. The molecule has 0 heterocycles. The number of carbonyl (C=O) groups is 3. The third-order valence-corrected chi connectivity index (χ3v) is 2.63. The average Bonchev–Trinajstić information content (AvgIpc) is 2.32. The number of hydrogen-bond acceptors (Lipinski definition) is 7. The third-order valence-electron chi connectivity index (χ3n) is 2.63. The normalized spacial score (nSPS) is 14.3. The first-order valence-corrected chi connectivity index (χ1v) is 6.94. The lowest BCUT2D eigenvalue weighted by Crippen LogP contribution is -2.58. The summed E-state index contributed by atoms with van der Waals surface area (Å²) in [6, 6.07) is 0. The molecule has 0 bridgehead atoms. The maximum absolute atomic E-state index is 12.2. The van der Waals surface area contributed by atoms with Crippen LogP contribution in [0.15, 0.2) is 0 Å². The van der Waals surface area contributed by atoms with E-state index in [1.165, 1.54) is 0 Å². The predicted molar refractivity (Wildman–Crippen MR) is 79.1 cm³/mol. The van der Waals surface area contributed by atoms with Gasteiger partial charge in [0.1, 0.15) is 12.2 Å². The summed E-state index contributed by atoms with van der Waals surface area (Å²) in [5.74, 6) is -3.14. The summed E-state index contributed by atoms with van der Waals surface area (Å²) in [7, 11) is 3.59. The van der Waals surface area contributed by atoms with Crippen molar-refractivity contribution in [2.24, 2.45) is 5.73 Å². The van der Waals surface area contributed by atoms with Crippen molar-refractivity contribution in [1.82, 2.24) is 4.90 Å². The van der Waals surface area contributed by atoms with Crippen LogP contribution in [-0.4, -0.2) is 66.3 Å². The van der Waals surface area contributed by atoms with Gasteiger partial charge in [-0.25, -0.2) is 9.59 Å². The minimum absolute atomic E-state index is 0.0423. The molecule has 0 aromatic heterocycles. The molecule has 128 valence electrons. The number of aliphatic carboxylic acids is 1. The first-order chi connectivity index (χ1) is 9.88. The predicted octanol–water partition coefficient (Wildman–Crippen LogP) is -0.00480. The standard InChI is InChI=1S/C14H26N2O6/c1-13(2,3)22-12(20)14(15,7-6-10(17)18)11(19)21-9-8-16(4)5/h6-9,15H2,1-5H3,(H,17,18). The van der Waals surface area contributed by atoms with Crippen LogP contribution in [0.25, 0.3) is 0 Å². The second-order valence-electron chi connectivity index (χ2n) is 6.31. The fourth-order valence-electron chi connectivity index (χ4n) is 1.41. The summed E-state index contributed by atoms with van der Waals surface area (Å²) < 4.78 is 10.1. The zero-order valence-corrected chi connectivity index (χ0v) is 13.8. The van der Waals surface area contributed by atoms with Crippen LogP contribution in [0, 0.1) is 0 Å². The van der Waals surface area contributed by atoms with Gasteiger partial charge in [-0.1, -0.05) is 0 Å². The fourth-order valence-corrected chi connectivity index (χ4v) is 1.41. The molecule has 0 aliphatic carbocycles. The highest BCUT2D eigenvalue weighted by molar-refractivity contribution is 6.05. The number of ether oxygens (including phenoxy) is 2. The van der Waals surface area contributed by atoms with Gasteiger partial charge in [0.05, 0.1) is 0 Å². The Morgan fingerprint density at radius 2 is 1.68 bits per heavy atom. The van der Waals surface area contributed by atoms with Crippen LogP contribution in [0.4, 0.5) is 0 Å². The van der Waals surface area contributed by atoms with Gasteiger partial charge in [-0.15, -0.1) is 0 Å². The second kappa shape index (κ2) is 8.09. The highest BCUT2D eigenvalue weighted by atomic mass is 16.6. The number of nitrogens with zero attached hydrogens (tertiary/aromatic N) is 1. The highest BCUT2D eigenvalue weighted by Crippen LogP contribution is 2.19. The monoisotopic (exact) mass is 318 g/mol. The van der Waals surface area contributed by atoms with Gasteiger partial charge in [0.15, 0.2) is 0 Å². The van der Waals surface area contributed by atoms with Crippen LogP contribution in [0.5, 0.6) is 0 Å². The average molecular weight is 318 g/mol. The van der Waals surface area contributed by atoms with Crippen molar-refractivity contribution in [2.75, 3.05) is 27.2 Å². The van der Waals surface area contributed by atoms with Crippen LogP contribution in [0.2, 0.25) is 0 Å². The van der Waals surface area contributed by atoms with Crippen LogP contribution >= 0.6 is 0 Å². The van der Waals surface area contributed by atoms with E-state index >= 15 is 0 Å². The number of likely N-dealkylation sites (N-methyl/N-ethyl adjacent to an activating group) is 1. The Balaban J connectivity index is 5.02. The maximum Gasteiger partial charge on any atom is 0.338 e. The summed E-state index contributed by atoms with van der Waals surface area (Å²) in [5, 5.41) is 8.76. The Hall–Kier alpha value is -1.67. The van der Waals surface area contributed by atoms with Gasteiger partial charge >= 0.3 is 17.9 Å². The Morgan fingerprint density at radius 3 is 2.09 bits per heavy atom. The van der Waals surface area contributed by atoms with Crippen molar-refractivity contribution in [1.29, 1.82) is 0 Å². The minimum Gasteiger partial charge on any atom is -0.481 e. The van der Waals surface area contributed by atoms with Crippen LogP contribution in [-0.2, 0) is 23.9 Å². The van der Waals surface area contributed by atoms with Crippen molar-refractivity contribution in [2.45, 2.75) is 44.8 Å². The SMILES string of the molecule is CN(C)CCOC(=O)C(N)(CCC(=O)O)C(=O)OC(C)(C)C. The van der Waals surface area contributed by atoms with E-state index in [4.69, 9.17) is 20.3 Å². The van der Waals surface area contributed by atoms with Gasteiger partial charge < -0.3 is 25.2 Å². The molecule has 0 aromatic rings. The molecule has 3 N–H and O–H groups in total. The molecule has 0 saturated carbocycles. The van der Waals surface area contributed by atoms with Crippen molar-refractivity contribution < 1.29 is 29.0 Å². The molecule has 0 aromatic carbocycles. The van der Waals surface area contributed by atoms with Gasteiger partial charge in [-0.3, -0.25) is 4.79 Å². The van der Waals surface area contributed by atoms with E-state index in [1.807, 2.05) is 0 Å². The molecule has 0 saturated heterocycles. The number of hydrogen-bond donors (Lipinski definition) is 2. The molecule has 0 radical (unpaired) electrons. The van der Waals surface area contributed by atoms with Crippen molar-refractivity contribution in [3.8, 4) is 0 Å². The van der Waals surface area contributed by atoms with Gasteiger partial charge in [0, 0.05) is 13.0 Å². The van der Waals surface area contributed by atoms with Crippen LogP contribution < -0.4 is 5.73 Å². The van der Waals surface area contributed by atoms with Crippen molar-refractivity contribution >= 4 is 17.9 Å². The molecule has 0 rings (SSSR count). The molecule has 0 amide bonds. The molecule has 0 aliphatic rings. The quantitative estimate of drug-likeness (QED) is 0.474. The van der Waals surface area contributed by atoms with E-state index in [0.29, 0.717) is 6.54 Å². The maximum atomic E-state index is 12.2. The van der Waals surface area contributed by atoms with E-state index < -0.39 is 41.9 Å². The Labute approximate surface area is 130 Å². The van der Waals surface area contributed by atoms with E-state index in [2.05, 4.69) is 0 Å².